The molecule has 0 fully saturated rings. The molecule has 3 N–H and O–H groups in total. The summed E-state index contributed by atoms with van der Waals surface area (Å²) in [5, 5.41) is 2.78. The van der Waals surface area contributed by atoms with Gasteiger partial charge in [-0.15, -0.1) is 0 Å². The fraction of sp³-hybridized carbons (Fsp3) is 0.200. The second-order valence-corrected chi connectivity index (χ2v) is 4.29. The molecule has 0 unspecified atom stereocenters. The van der Waals surface area contributed by atoms with Crippen LogP contribution in [0.2, 0.25) is 0 Å². The Bertz CT molecular complexity index is 402. The lowest BCUT2D eigenvalue weighted by atomic mass is 10.1. The fourth-order valence-electron chi connectivity index (χ4n) is 1.11. The van der Waals surface area contributed by atoms with E-state index in [9.17, 15) is 13.2 Å². The van der Waals surface area contributed by atoms with E-state index < -0.39 is 11.7 Å². The fourth-order valence-corrected chi connectivity index (χ4v) is 1.25. The third kappa shape index (κ3) is 3.44. The van der Waals surface area contributed by atoms with E-state index in [1.54, 1.807) is 0 Å². The quantitative estimate of drug-likeness (QED) is 0.836. The van der Waals surface area contributed by atoms with Gasteiger partial charge in [-0.2, -0.15) is 13.2 Å². The minimum Gasteiger partial charge on any atom is -0.398 e. The number of nitrogen functional groups attached to an aromatic ring is 1. The van der Waals surface area contributed by atoms with Crippen LogP contribution in [0.15, 0.2) is 29.3 Å². The molecule has 0 amide bonds. The van der Waals surface area contributed by atoms with Crippen molar-refractivity contribution in [2.24, 2.45) is 0 Å². The number of rotatable bonds is 3. The second-order valence-electron chi connectivity index (χ2n) is 3.17. The standard InChI is InChI=1S/C10H10BrF3N2/c1-6(11)5-16-7-2-3-9(15)8(4-7)10(12,13)14/h2-4,16H,1,5,15H2. The minimum absolute atomic E-state index is 0.282. The van der Waals surface area contributed by atoms with Gasteiger partial charge in [0.15, 0.2) is 0 Å². The SMILES string of the molecule is C=C(Br)CNc1ccc(N)c(C(F)(F)F)c1. The van der Waals surface area contributed by atoms with Crippen molar-refractivity contribution in [1.29, 1.82) is 0 Å². The smallest absolute Gasteiger partial charge is 0.398 e. The Morgan fingerprint density at radius 2 is 2.06 bits per heavy atom. The number of alkyl halides is 3. The zero-order chi connectivity index (χ0) is 12.3. The van der Waals surface area contributed by atoms with Gasteiger partial charge in [0.05, 0.1) is 5.56 Å². The van der Waals surface area contributed by atoms with Crippen LogP contribution in [0.5, 0.6) is 0 Å². The zero-order valence-electron chi connectivity index (χ0n) is 8.24. The van der Waals surface area contributed by atoms with Crippen LogP contribution in [0.1, 0.15) is 5.56 Å². The number of hydrogen-bond donors (Lipinski definition) is 2. The summed E-state index contributed by atoms with van der Waals surface area (Å²) in [7, 11) is 0. The molecule has 1 aromatic carbocycles. The van der Waals surface area contributed by atoms with Crippen LogP contribution in [0, 0.1) is 0 Å². The van der Waals surface area contributed by atoms with E-state index in [2.05, 4.69) is 27.8 Å². The van der Waals surface area contributed by atoms with Crippen LogP contribution in [-0.2, 0) is 6.18 Å². The predicted molar refractivity (Wildman–Crippen MR) is 62.4 cm³/mol. The Balaban J connectivity index is 2.94. The van der Waals surface area contributed by atoms with Gasteiger partial charge in [-0.3, -0.25) is 0 Å². The molecule has 88 valence electrons. The summed E-state index contributed by atoms with van der Waals surface area (Å²) < 4.78 is 38.1. The van der Waals surface area contributed by atoms with Crippen molar-refractivity contribution in [2.45, 2.75) is 6.18 Å². The van der Waals surface area contributed by atoms with Gasteiger partial charge in [-0.1, -0.05) is 22.5 Å². The molecule has 1 aromatic rings. The maximum absolute atomic E-state index is 12.5. The van der Waals surface area contributed by atoms with Gasteiger partial charge in [0.25, 0.3) is 0 Å². The molecule has 0 aliphatic carbocycles. The summed E-state index contributed by atoms with van der Waals surface area (Å²) >= 11 is 3.10. The van der Waals surface area contributed by atoms with E-state index in [0.29, 0.717) is 16.7 Å². The summed E-state index contributed by atoms with van der Waals surface area (Å²) in [6.07, 6.45) is -4.44. The largest absolute Gasteiger partial charge is 0.418 e. The Kier molecular flexibility index (Phi) is 3.85. The van der Waals surface area contributed by atoms with Gasteiger partial charge in [-0.05, 0) is 18.2 Å². The highest BCUT2D eigenvalue weighted by molar-refractivity contribution is 9.11. The van der Waals surface area contributed by atoms with Crippen molar-refractivity contribution in [1.82, 2.24) is 0 Å². The average Bonchev–Trinajstić information content (AvgIpc) is 2.14. The van der Waals surface area contributed by atoms with Crippen LogP contribution >= 0.6 is 15.9 Å². The molecule has 0 spiro atoms. The van der Waals surface area contributed by atoms with Gasteiger partial charge >= 0.3 is 6.18 Å². The number of nitrogens with two attached hydrogens (primary N) is 1. The first kappa shape index (κ1) is 12.9. The second kappa shape index (κ2) is 4.78. The van der Waals surface area contributed by atoms with E-state index in [4.69, 9.17) is 5.73 Å². The molecule has 1 rings (SSSR count). The van der Waals surface area contributed by atoms with E-state index in [1.165, 1.54) is 12.1 Å². The molecule has 0 atom stereocenters. The Labute approximate surface area is 99.5 Å². The Hall–Kier alpha value is -1.17. The maximum atomic E-state index is 12.5. The normalized spacial score (nSPS) is 11.2. The van der Waals surface area contributed by atoms with E-state index in [-0.39, 0.29) is 5.69 Å². The highest BCUT2D eigenvalue weighted by atomic mass is 79.9. The highest BCUT2D eigenvalue weighted by Crippen LogP contribution is 2.35. The molecular formula is C10H10BrF3N2. The zero-order valence-corrected chi connectivity index (χ0v) is 9.82. The van der Waals surface area contributed by atoms with Crippen LogP contribution in [-0.4, -0.2) is 6.54 Å². The number of halogens is 4. The van der Waals surface area contributed by atoms with Crippen molar-refractivity contribution >= 4 is 27.3 Å². The summed E-state index contributed by atoms with van der Waals surface area (Å²) in [5.41, 5.74) is 4.49. The topological polar surface area (TPSA) is 38.0 Å². The van der Waals surface area contributed by atoms with Crippen LogP contribution in [0.4, 0.5) is 24.5 Å². The Morgan fingerprint density at radius 1 is 1.44 bits per heavy atom. The van der Waals surface area contributed by atoms with Gasteiger partial charge in [0.2, 0.25) is 0 Å². The number of anilines is 2. The summed E-state index contributed by atoms with van der Waals surface area (Å²) in [5.74, 6) is 0. The van der Waals surface area contributed by atoms with Crippen molar-refractivity contribution in [3.8, 4) is 0 Å². The molecule has 0 heterocycles. The van der Waals surface area contributed by atoms with Crippen LogP contribution in [0.3, 0.4) is 0 Å². The van der Waals surface area contributed by atoms with Gasteiger partial charge < -0.3 is 11.1 Å². The molecule has 0 saturated carbocycles. The van der Waals surface area contributed by atoms with Gasteiger partial charge in [-0.25, -0.2) is 0 Å². The summed E-state index contributed by atoms with van der Waals surface area (Å²) in [4.78, 5) is 0. The molecule has 6 heteroatoms. The maximum Gasteiger partial charge on any atom is 0.418 e. The molecular weight excluding hydrogens is 285 g/mol. The molecule has 0 radical (unpaired) electrons. The third-order valence-corrected chi connectivity index (χ3v) is 2.12. The molecule has 0 saturated heterocycles. The first-order valence-corrected chi connectivity index (χ1v) is 5.14. The van der Waals surface area contributed by atoms with Crippen molar-refractivity contribution in [3.05, 3.63) is 34.8 Å². The molecule has 0 aliphatic heterocycles. The molecule has 0 aliphatic rings. The first-order valence-electron chi connectivity index (χ1n) is 4.34. The third-order valence-electron chi connectivity index (χ3n) is 1.84. The van der Waals surface area contributed by atoms with Crippen molar-refractivity contribution in [3.63, 3.8) is 0 Å². The highest BCUT2D eigenvalue weighted by Gasteiger charge is 2.33. The van der Waals surface area contributed by atoms with Crippen molar-refractivity contribution < 1.29 is 13.2 Å². The Morgan fingerprint density at radius 3 is 2.56 bits per heavy atom. The van der Waals surface area contributed by atoms with E-state index in [1.807, 2.05) is 0 Å². The predicted octanol–water partition coefficient (Wildman–Crippen LogP) is 3.61. The minimum atomic E-state index is -4.44. The van der Waals surface area contributed by atoms with Gasteiger partial charge in [0.1, 0.15) is 0 Å². The molecule has 16 heavy (non-hydrogen) atoms. The summed E-state index contributed by atoms with van der Waals surface area (Å²) in [6.45, 7) is 3.91. The molecule has 0 aromatic heterocycles. The number of hydrogen-bond acceptors (Lipinski definition) is 2. The number of benzene rings is 1. The van der Waals surface area contributed by atoms with Crippen molar-refractivity contribution in [2.75, 3.05) is 17.6 Å². The van der Waals surface area contributed by atoms with E-state index >= 15 is 0 Å². The van der Waals surface area contributed by atoms with Gasteiger partial charge in [0, 0.05) is 22.4 Å². The van der Waals surface area contributed by atoms with Crippen LogP contribution < -0.4 is 11.1 Å². The lowest BCUT2D eigenvalue weighted by molar-refractivity contribution is -0.136. The average molecular weight is 295 g/mol. The summed E-state index contributed by atoms with van der Waals surface area (Å²) in [6, 6.07) is 3.69. The number of nitrogens with one attached hydrogen (secondary N) is 1. The lowest BCUT2D eigenvalue weighted by Gasteiger charge is -2.12. The lowest BCUT2D eigenvalue weighted by Crippen LogP contribution is -2.10. The molecule has 2 nitrogen and oxygen atoms in total. The van der Waals surface area contributed by atoms with Crippen LogP contribution in [0.25, 0.3) is 0 Å². The molecule has 0 bridgehead atoms. The van der Waals surface area contributed by atoms with E-state index in [0.717, 1.165) is 6.07 Å². The first-order chi connectivity index (χ1) is 7.30. The monoisotopic (exact) mass is 294 g/mol.